The highest BCUT2D eigenvalue weighted by Crippen LogP contribution is 2.22. The first-order valence-corrected chi connectivity index (χ1v) is 5.92. The maximum Gasteiger partial charge on any atom is 0.356 e. The minimum atomic E-state index is -1.23. The predicted molar refractivity (Wildman–Crippen MR) is 67.4 cm³/mol. The number of amides is 1. The number of carboxylic acids is 1. The summed E-state index contributed by atoms with van der Waals surface area (Å²) in [6.07, 6.45) is 0. The molecule has 1 fully saturated rings. The molecule has 7 nitrogen and oxygen atoms in total. The molecule has 0 spiro atoms. The van der Waals surface area contributed by atoms with Gasteiger partial charge in [-0.25, -0.2) is 9.78 Å². The molecule has 0 aromatic carbocycles. The van der Waals surface area contributed by atoms with Gasteiger partial charge in [0.15, 0.2) is 5.69 Å². The van der Waals surface area contributed by atoms with Crippen molar-refractivity contribution in [1.82, 2.24) is 4.98 Å². The number of aromatic carboxylic acids is 1. The van der Waals surface area contributed by atoms with Gasteiger partial charge in [0.2, 0.25) is 5.91 Å². The number of carboxylic acid groups (broad SMARTS) is 1. The summed E-state index contributed by atoms with van der Waals surface area (Å²) in [5.74, 6) is -1.43. The zero-order chi connectivity index (χ0) is 14.0. The van der Waals surface area contributed by atoms with E-state index in [9.17, 15) is 9.59 Å². The Labute approximate surface area is 113 Å². The molecule has 8 heteroatoms. The van der Waals surface area contributed by atoms with Crippen LogP contribution in [0.2, 0.25) is 5.02 Å². The van der Waals surface area contributed by atoms with Crippen LogP contribution >= 0.6 is 11.6 Å². The average Bonchev–Trinajstić information content (AvgIpc) is 2.39. The number of carbonyl (C=O) groups is 2. The molecule has 1 aliphatic heterocycles. The summed E-state index contributed by atoms with van der Waals surface area (Å²) in [4.78, 5) is 27.9. The van der Waals surface area contributed by atoms with Crippen LogP contribution in [0.1, 0.15) is 10.5 Å². The third-order valence-corrected chi connectivity index (χ3v) is 3.09. The van der Waals surface area contributed by atoms with Crippen LogP contribution in [0.25, 0.3) is 0 Å². The molecule has 1 saturated heterocycles. The van der Waals surface area contributed by atoms with Crippen molar-refractivity contribution in [3.63, 3.8) is 0 Å². The normalized spacial score (nSPS) is 19.2. The highest BCUT2D eigenvalue weighted by Gasteiger charge is 2.29. The summed E-state index contributed by atoms with van der Waals surface area (Å²) in [6.45, 7) is 0.972. The molecule has 1 aromatic heterocycles. The van der Waals surface area contributed by atoms with Crippen molar-refractivity contribution in [2.75, 3.05) is 24.7 Å². The number of halogens is 1. The minimum Gasteiger partial charge on any atom is -0.476 e. The van der Waals surface area contributed by atoms with Crippen molar-refractivity contribution in [1.29, 1.82) is 0 Å². The zero-order valence-corrected chi connectivity index (χ0v) is 10.6. The largest absolute Gasteiger partial charge is 0.476 e. The molecule has 2 heterocycles. The molecule has 0 radical (unpaired) electrons. The van der Waals surface area contributed by atoms with E-state index in [-0.39, 0.29) is 17.3 Å². The monoisotopic (exact) mass is 285 g/mol. The molecular weight excluding hydrogens is 274 g/mol. The van der Waals surface area contributed by atoms with Crippen molar-refractivity contribution in [3.8, 4) is 0 Å². The fourth-order valence-electron chi connectivity index (χ4n) is 1.86. The maximum absolute atomic E-state index is 11.4. The highest BCUT2D eigenvalue weighted by atomic mass is 35.5. The number of rotatable bonds is 3. The molecule has 1 unspecified atom stereocenters. The lowest BCUT2D eigenvalue weighted by Gasteiger charge is -2.34. The summed E-state index contributed by atoms with van der Waals surface area (Å²) in [5, 5.41) is 9.02. The van der Waals surface area contributed by atoms with Gasteiger partial charge in [0.1, 0.15) is 11.9 Å². The maximum atomic E-state index is 11.4. The quantitative estimate of drug-likeness (QED) is 0.817. The number of anilines is 1. The van der Waals surface area contributed by atoms with Gasteiger partial charge in [-0.05, 0) is 12.1 Å². The van der Waals surface area contributed by atoms with Crippen LogP contribution in [0.5, 0.6) is 0 Å². The van der Waals surface area contributed by atoms with Crippen LogP contribution in [0.15, 0.2) is 12.1 Å². The van der Waals surface area contributed by atoms with Gasteiger partial charge >= 0.3 is 5.97 Å². The minimum absolute atomic E-state index is 0.0418. The first-order chi connectivity index (χ1) is 9.00. The first kappa shape index (κ1) is 13.6. The van der Waals surface area contributed by atoms with Crippen LogP contribution in [0.3, 0.4) is 0 Å². The Morgan fingerprint density at radius 1 is 1.53 bits per heavy atom. The fraction of sp³-hybridized carbons (Fsp3) is 0.364. The number of pyridine rings is 1. The smallest absolute Gasteiger partial charge is 0.356 e. The van der Waals surface area contributed by atoms with Crippen molar-refractivity contribution in [3.05, 3.63) is 22.8 Å². The molecule has 1 atom stereocenters. The molecule has 1 aliphatic rings. The Morgan fingerprint density at radius 2 is 2.26 bits per heavy atom. The van der Waals surface area contributed by atoms with E-state index in [4.69, 9.17) is 27.2 Å². The number of morpholine rings is 1. The van der Waals surface area contributed by atoms with Crippen LogP contribution in [0.4, 0.5) is 5.82 Å². The third kappa shape index (κ3) is 2.77. The SMILES string of the molecule is NC(=O)C1COCCN1c1ccc(Cl)c(C(=O)O)n1. The van der Waals surface area contributed by atoms with Crippen LogP contribution < -0.4 is 10.6 Å². The number of hydrogen-bond donors (Lipinski definition) is 2. The summed E-state index contributed by atoms with van der Waals surface area (Å²) in [5.41, 5.74) is 5.04. The number of nitrogens with two attached hydrogens (primary N) is 1. The van der Waals surface area contributed by atoms with Crippen LogP contribution in [-0.2, 0) is 9.53 Å². The second-order valence-electron chi connectivity index (χ2n) is 3.99. The molecule has 2 rings (SSSR count). The molecule has 19 heavy (non-hydrogen) atoms. The van der Waals surface area contributed by atoms with E-state index in [2.05, 4.69) is 4.98 Å². The number of hydrogen-bond acceptors (Lipinski definition) is 5. The van der Waals surface area contributed by atoms with Gasteiger partial charge in [0.05, 0.1) is 18.2 Å². The third-order valence-electron chi connectivity index (χ3n) is 2.79. The van der Waals surface area contributed by atoms with Crippen LogP contribution in [-0.4, -0.2) is 47.8 Å². The molecule has 1 aromatic rings. The van der Waals surface area contributed by atoms with E-state index in [1.807, 2.05) is 0 Å². The Kier molecular flexibility index (Phi) is 3.87. The Hall–Kier alpha value is -1.86. The van der Waals surface area contributed by atoms with E-state index >= 15 is 0 Å². The van der Waals surface area contributed by atoms with Crippen LogP contribution in [0, 0.1) is 0 Å². The van der Waals surface area contributed by atoms with Gasteiger partial charge in [0, 0.05) is 6.54 Å². The Morgan fingerprint density at radius 3 is 2.89 bits per heavy atom. The molecule has 102 valence electrons. The van der Waals surface area contributed by atoms with E-state index in [0.29, 0.717) is 19.0 Å². The van der Waals surface area contributed by atoms with Crippen molar-refractivity contribution in [2.24, 2.45) is 5.73 Å². The van der Waals surface area contributed by atoms with Gasteiger partial charge in [-0.1, -0.05) is 11.6 Å². The first-order valence-electron chi connectivity index (χ1n) is 5.54. The van der Waals surface area contributed by atoms with Crippen molar-refractivity contribution < 1.29 is 19.4 Å². The van der Waals surface area contributed by atoms with Gasteiger partial charge < -0.3 is 20.5 Å². The van der Waals surface area contributed by atoms with E-state index in [1.165, 1.54) is 6.07 Å². The predicted octanol–water partition coefficient (Wildman–Crippen LogP) is 0.124. The summed E-state index contributed by atoms with van der Waals surface area (Å²) in [6, 6.07) is 2.32. The molecular formula is C11H12ClN3O4. The molecule has 0 bridgehead atoms. The molecule has 1 amide bonds. The lowest BCUT2D eigenvalue weighted by molar-refractivity contribution is -0.121. The Balaban J connectivity index is 2.36. The van der Waals surface area contributed by atoms with E-state index in [1.54, 1.807) is 11.0 Å². The second-order valence-corrected chi connectivity index (χ2v) is 4.40. The highest BCUT2D eigenvalue weighted by molar-refractivity contribution is 6.33. The lowest BCUT2D eigenvalue weighted by Crippen LogP contribution is -2.53. The number of primary amides is 1. The number of ether oxygens (including phenoxy) is 1. The zero-order valence-electron chi connectivity index (χ0n) is 9.88. The number of aromatic nitrogens is 1. The van der Waals surface area contributed by atoms with Gasteiger partial charge in [-0.15, -0.1) is 0 Å². The lowest BCUT2D eigenvalue weighted by atomic mass is 10.2. The second kappa shape index (κ2) is 5.41. The van der Waals surface area contributed by atoms with E-state index in [0.717, 1.165) is 0 Å². The number of nitrogens with zero attached hydrogens (tertiary/aromatic N) is 2. The van der Waals surface area contributed by atoms with Gasteiger partial charge in [-0.2, -0.15) is 0 Å². The van der Waals surface area contributed by atoms with Crippen molar-refractivity contribution in [2.45, 2.75) is 6.04 Å². The standard InChI is InChI=1S/C11H12ClN3O4/c12-6-1-2-8(14-9(6)11(17)18)15-3-4-19-5-7(15)10(13)16/h1-2,7H,3-5H2,(H2,13,16)(H,17,18). The van der Waals surface area contributed by atoms with Gasteiger partial charge in [-0.3, -0.25) is 4.79 Å². The Bertz CT molecular complexity index is 523. The average molecular weight is 286 g/mol. The topological polar surface area (TPSA) is 106 Å². The van der Waals surface area contributed by atoms with Gasteiger partial charge in [0.25, 0.3) is 0 Å². The van der Waals surface area contributed by atoms with E-state index < -0.39 is 17.9 Å². The number of carbonyl (C=O) groups excluding carboxylic acids is 1. The summed E-state index contributed by atoms with van der Waals surface area (Å²) in [7, 11) is 0. The van der Waals surface area contributed by atoms with Crippen molar-refractivity contribution >= 4 is 29.3 Å². The molecule has 0 saturated carbocycles. The molecule has 3 N–H and O–H groups in total. The summed E-state index contributed by atoms with van der Waals surface area (Å²) >= 11 is 5.75. The fourth-order valence-corrected chi connectivity index (χ4v) is 2.04. The molecule has 0 aliphatic carbocycles. The summed E-state index contributed by atoms with van der Waals surface area (Å²) < 4.78 is 5.18.